The second kappa shape index (κ2) is 6.87. The molecule has 4 aromatic rings. The van der Waals surface area contributed by atoms with Crippen LogP contribution in [0.3, 0.4) is 0 Å². The molecule has 5 rings (SSSR count). The quantitative estimate of drug-likeness (QED) is 0.294. The fraction of sp³-hybridized carbons (Fsp3) is 0.200. The molecule has 0 amide bonds. The molecule has 1 aliphatic carbocycles. The van der Waals surface area contributed by atoms with Gasteiger partial charge in [-0.1, -0.05) is 29.8 Å². The number of hydrazone groups is 1. The molecule has 0 unspecified atom stereocenters. The van der Waals surface area contributed by atoms with Gasteiger partial charge in [-0.3, -0.25) is 5.43 Å². The number of pyridine rings is 1. The summed E-state index contributed by atoms with van der Waals surface area (Å²) >= 11 is 8.08. The third kappa shape index (κ3) is 3.05. The van der Waals surface area contributed by atoms with E-state index in [2.05, 4.69) is 25.5 Å². The van der Waals surface area contributed by atoms with Crippen LogP contribution in [0.25, 0.3) is 21.1 Å². The van der Waals surface area contributed by atoms with Crippen molar-refractivity contribution in [3.8, 4) is 0 Å². The molecule has 1 N–H and O–H groups in total. The summed E-state index contributed by atoms with van der Waals surface area (Å²) in [6, 6.07) is 9.86. The molecular weight excluding hydrogens is 378 g/mol. The van der Waals surface area contributed by atoms with Crippen LogP contribution in [0.5, 0.6) is 0 Å². The van der Waals surface area contributed by atoms with Gasteiger partial charge in [0.05, 0.1) is 17.1 Å². The van der Waals surface area contributed by atoms with E-state index in [0.29, 0.717) is 5.15 Å². The van der Waals surface area contributed by atoms with E-state index >= 15 is 0 Å². The number of aryl methyl sites for hydroxylation is 2. The molecule has 1 aromatic carbocycles. The SMILES string of the molecule is Clc1nc2ccccc2cc1C=NNc1ncnc2sc3c(c12)CCCC3. The first-order valence-corrected chi connectivity index (χ1v) is 10.1. The van der Waals surface area contributed by atoms with Gasteiger partial charge in [0.15, 0.2) is 5.82 Å². The van der Waals surface area contributed by atoms with Crippen molar-refractivity contribution >= 4 is 56.1 Å². The highest BCUT2D eigenvalue weighted by Gasteiger charge is 2.19. The predicted molar refractivity (Wildman–Crippen MR) is 112 cm³/mol. The number of benzene rings is 1. The highest BCUT2D eigenvalue weighted by Crippen LogP contribution is 2.38. The summed E-state index contributed by atoms with van der Waals surface area (Å²) in [7, 11) is 0. The number of hydrogen-bond donors (Lipinski definition) is 1. The van der Waals surface area contributed by atoms with Crippen molar-refractivity contribution in [3.63, 3.8) is 0 Å². The summed E-state index contributed by atoms with van der Waals surface area (Å²) in [4.78, 5) is 15.7. The number of thiophene rings is 1. The number of halogens is 1. The fourth-order valence-corrected chi connectivity index (χ4v) is 4.96. The predicted octanol–water partition coefficient (Wildman–Crippen LogP) is 5.22. The van der Waals surface area contributed by atoms with Crippen LogP contribution < -0.4 is 5.43 Å². The van der Waals surface area contributed by atoms with Crippen molar-refractivity contribution in [1.82, 2.24) is 15.0 Å². The lowest BCUT2D eigenvalue weighted by atomic mass is 9.97. The van der Waals surface area contributed by atoms with E-state index < -0.39 is 0 Å². The van der Waals surface area contributed by atoms with Gasteiger partial charge in [0, 0.05) is 15.8 Å². The highest BCUT2D eigenvalue weighted by molar-refractivity contribution is 7.19. The zero-order valence-corrected chi connectivity index (χ0v) is 16.0. The van der Waals surface area contributed by atoms with E-state index in [1.807, 2.05) is 30.3 Å². The van der Waals surface area contributed by atoms with Crippen molar-refractivity contribution in [3.05, 3.63) is 57.8 Å². The second-order valence-electron chi connectivity index (χ2n) is 6.54. The minimum absolute atomic E-state index is 0.431. The Bertz CT molecular complexity index is 1180. The van der Waals surface area contributed by atoms with Crippen LogP contribution in [-0.2, 0) is 12.8 Å². The minimum Gasteiger partial charge on any atom is -0.261 e. The van der Waals surface area contributed by atoms with Gasteiger partial charge in [0.1, 0.15) is 16.3 Å². The van der Waals surface area contributed by atoms with Crippen molar-refractivity contribution < 1.29 is 0 Å². The van der Waals surface area contributed by atoms with Gasteiger partial charge in [-0.25, -0.2) is 15.0 Å². The summed E-state index contributed by atoms with van der Waals surface area (Å²) in [6.45, 7) is 0. The Morgan fingerprint density at radius 2 is 2.04 bits per heavy atom. The number of para-hydroxylation sites is 1. The number of nitrogens with one attached hydrogen (secondary N) is 1. The standard InChI is InChI=1S/C20H16ClN5S/c21-18-13(9-12-5-1-3-7-15(12)25-18)10-24-26-19-17-14-6-2-4-8-16(14)27-20(17)23-11-22-19/h1,3,5,7,9-11H,2,4,6,8H2,(H,22,23,26). The summed E-state index contributed by atoms with van der Waals surface area (Å²) < 4.78 is 0. The van der Waals surface area contributed by atoms with Crippen LogP contribution in [-0.4, -0.2) is 21.2 Å². The molecule has 0 atom stereocenters. The molecule has 3 heterocycles. The van der Waals surface area contributed by atoms with Crippen LogP contribution in [0.4, 0.5) is 5.82 Å². The molecule has 3 aromatic heterocycles. The third-order valence-electron chi connectivity index (χ3n) is 4.83. The average molecular weight is 394 g/mol. The van der Waals surface area contributed by atoms with Gasteiger partial charge >= 0.3 is 0 Å². The van der Waals surface area contributed by atoms with Gasteiger partial charge < -0.3 is 0 Å². The number of anilines is 1. The van der Waals surface area contributed by atoms with Crippen molar-refractivity contribution in [2.45, 2.75) is 25.7 Å². The molecule has 0 aliphatic heterocycles. The summed E-state index contributed by atoms with van der Waals surface area (Å²) in [5, 5.41) is 6.94. The van der Waals surface area contributed by atoms with E-state index in [4.69, 9.17) is 11.6 Å². The van der Waals surface area contributed by atoms with Crippen molar-refractivity contribution in [1.29, 1.82) is 0 Å². The van der Waals surface area contributed by atoms with Crippen molar-refractivity contribution in [2.24, 2.45) is 5.10 Å². The zero-order valence-electron chi connectivity index (χ0n) is 14.4. The molecule has 0 saturated carbocycles. The average Bonchev–Trinajstić information content (AvgIpc) is 3.08. The normalized spacial score (nSPS) is 14.1. The number of fused-ring (bicyclic) bond motifs is 4. The molecule has 27 heavy (non-hydrogen) atoms. The zero-order chi connectivity index (χ0) is 18.2. The molecule has 7 heteroatoms. The molecule has 5 nitrogen and oxygen atoms in total. The van der Waals surface area contributed by atoms with Crippen LogP contribution in [0.15, 0.2) is 41.8 Å². The van der Waals surface area contributed by atoms with Crippen LogP contribution in [0.1, 0.15) is 28.8 Å². The van der Waals surface area contributed by atoms with Gasteiger partial charge in [0.25, 0.3) is 0 Å². The number of hydrogen-bond acceptors (Lipinski definition) is 6. The molecule has 134 valence electrons. The fourth-order valence-electron chi connectivity index (χ4n) is 3.54. The Hall–Kier alpha value is -2.57. The maximum absolute atomic E-state index is 6.30. The van der Waals surface area contributed by atoms with Crippen LogP contribution >= 0.6 is 22.9 Å². The molecule has 0 saturated heterocycles. The Morgan fingerprint density at radius 3 is 3.00 bits per heavy atom. The Labute approximate surface area is 165 Å². The van der Waals surface area contributed by atoms with Crippen LogP contribution in [0.2, 0.25) is 5.15 Å². The first kappa shape index (κ1) is 16.6. The van der Waals surface area contributed by atoms with Gasteiger partial charge in [-0.2, -0.15) is 5.10 Å². The lowest BCUT2D eigenvalue weighted by Crippen LogP contribution is -2.01. The lowest BCUT2D eigenvalue weighted by molar-refractivity contribution is 0.700. The maximum atomic E-state index is 6.30. The lowest BCUT2D eigenvalue weighted by Gasteiger charge is -2.11. The summed E-state index contributed by atoms with van der Waals surface area (Å²) in [5.74, 6) is 0.750. The monoisotopic (exact) mass is 393 g/mol. The Morgan fingerprint density at radius 1 is 1.15 bits per heavy atom. The molecule has 1 aliphatic rings. The summed E-state index contributed by atoms with van der Waals surface area (Å²) in [6.07, 6.45) is 7.97. The van der Waals surface area contributed by atoms with Crippen LogP contribution in [0, 0.1) is 0 Å². The second-order valence-corrected chi connectivity index (χ2v) is 7.99. The van der Waals surface area contributed by atoms with Gasteiger partial charge in [-0.05, 0) is 43.4 Å². The topological polar surface area (TPSA) is 63.1 Å². The van der Waals surface area contributed by atoms with Gasteiger partial charge in [0.2, 0.25) is 0 Å². The Kier molecular flexibility index (Phi) is 4.22. The molecule has 0 fully saturated rings. The van der Waals surface area contributed by atoms with Gasteiger partial charge in [-0.15, -0.1) is 11.3 Å². The highest BCUT2D eigenvalue weighted by atomic mass is 35.5. The molecule has 0 spiro atoms. The molecule has 0 radical (unpaired) electrons. The van der Waals surface area contributed by atoms with Crippen molar-refractivity contribution in [2.75, 3.05) is 5.43 Å². The molecular formula is C20H16ClN5S. The number of aromatic nitrogens is 3. The first-order valence-electron chi connectivity index (χ1n) is 8.89. The molecule has 0 bridgehead atoms. The van der Waals surface area contributed by atoms with E-state index in [9.17, 15) is 0 Å². The smallest absolute Gasteiger partial charge is 0.158 e. The number of nitrogens with zero attached hydrogens (tertiary/aromatic N) is 4. The number of rotatable bonds is 3. The first-order chi connectivity index (χ1) is 13.3. The minimum atomic E-state index is 0.431. The van der Waals surface area contributed by atoms with E-state index in [1.165, 1.54) is 23.3 Å². The maximum Gasteiger partial charge on any atom is 0.158 e. The van der Waals surface area contributed by atoms with E-state index in [-0.39, 0.29) is 0 Å². The Balaban J connectivity index is 1.48. The van der Waals surface area contributed by atoms with E-state index in [1.54, 1.807) is 23.9 Å². The van der Waals surface area contributed by atoms with E-state index in [0.717, 1.165) is 45.3 Å². The largest absolute Gasteiger partial charge is 0.261 e. The summed E-state index contributed by atoms with van der Waals surface area (Å²) in [5.41, 5.74) is 6.10. The third-order valence-corrected chi connectivity index (χ3v) is 6.33.